The van der Waals surface area contributed by atoms with E-state index in [1.165, 1.54) is 38.5 Å². The molecule has 0 spiro atoms. The van der Waals surface area contributed by atoms with Crippen LogP contribution in [0.2, 0.25) is 0 Å². The zero-order valence-electron chi connectivity index (χ0n) is 35.1. The summed E-state index contributed by atoms with van der Waals surface area (Å²) in [6.45, 7) is 7.97. The minimum atomic E-state index is -0.434. The summed E-state index contributed by atoms with van der Waals surface area (Å²) in [5.41, 5.74) is 14.5. The standard InChI is InChI=1S/C48H44N6O8/c1-27-35(17-11-31-7-13-33(14-8-31)53(57)58)43-24-41-28(2)36(18-12-32-9-15-34(16-10-32)54(59)60)44(51-41)25-42-30(4)38(20-22-48(56)62-6)46(52-42)26-45-37(19-21-47(55)61-5)29(3)40(50-45)23-39(27)49-43/h7-18,23-26,49,52H,19-22H2,1-6H3/b17-11+,18-12+,39-23?,40-23?,41-24?,42-25?,43-24?,44-25?,45-26?,46-26?. The molecule has 0 saturated carbocycles. The maximum absolute atomic E-state index is 12.4. The lowest BCUT2D eigenvalue weighted by Crippen LogP contribution is -2.02. The molecule has 0 saturated heterocycles. The summed E-state index contributed by atoms with van der Waals surface area (Å²) in [7, 11) is 2.73. The Labute approximate surface area is 356 Å². The highest BCUT2D eigenvalue weighted by Gasteiger charge is 2.22. The molecule has 314 valence electrons. The van der Waals surface area contributed by atoms with E-state index < -0.39 is 9.85 Å². The van der Waals surface area contributed by atoms with Crippen molar-refractivity contribution in [1.82, 2.24) is 19.9 Å². The lowest BCUT2D eigenvalue weighted by molar-refractivity contribution is -0.385. The molecule has 0 amide bonds. The Hall–Kier alpha value is -7.74. The molecule has 62 heavy (non-hydrogen) atoms. The molecular formula is C48H44N6O8. The monoisotopic (exact) mass is 832 g/mol. The van der Waals surface area contributed by atoms with Gasteiger partial charge in [-0.05, 0) is 134 Å². The molecular weight excluding hydrogens is 789 g/mol. The fourth-order valence-electron chi connectivity index (χ4n) is 7.64. The molecule has 0 unspecified atom stereocenters. The van der Waals surface area contributed by atoms with Gasteiger partial charge >= 0.3 is 11.9 Å². The van der Waals surface area contributed by atoms with Crippen molar-refractivity contribution < 1.29 is 28.9 Å². The van der Waals surface area contributed by atoms with Gasteiger partial charge in [0.25, 0.3) is 11.4 Å². The van der Waals surface area contributed by atoms with Crippen molar-refractivity contribution in [3.05, 3.63) is 155 Å². The Bertz CT molecular complexity index is 2950. The average Bonchev–Trinajstić information content (AvgIpc) is 3.92. The van der Waals surface area contributed by atoms with Gasteiger partial charge < -0.3 is 19.4 Å². The van der Waals surface area contributed by atoms with Crippen molar-refractivity contribution in [2.45, 2.75) is 53.4 Å². The molecule has 2 aromatic carbocycles. The third kappa shape index (κ3) is 8.89. The number of esters is 2. The summed E-state index contributed by atoms with van der Waals surface area (Å²) >= 11 is 0. The van der Waals surface area contributed by atoms with Crippen LogP contribution in [0.15, 0.2) is 78.9 Å². The smallest absolute Gasteiger partial charge is 0.305 e. The van der Waals surface area contributed by atoms with Gasteiger partial charge in [0.2, 0.25) is 0 Å². The average molecular weight is 833 g/mol. The predicted octanol–water partition coefficient (Wildman–Crippen LogP) is 10.6. The molecule has 0 aliphatic carbocycles. The van der Waals surface area contributed by atoms with Crippen LogP contribution < -0.4 is 0 Å². The first kappa shape index (κ1) is 42.4. The number of carbonyl (C=O) groups excluding carboxylic acids is 2. The van der Waals surface area contributed by atoms with Gasteiger partial charge in [0.1, 0.15) is 0 Å². The Morgan fingerprint density at radius 3 is 1.68 bits per heavy atom. The van der Waals surface area contributed by atoms with E-state index in [0.29, 0.717) is 35.6 Å². The van der Waals surface area contributed by atoms with Crippen LogP contribution in [0, 0.1) is 34.1 Å². The lowest BCUT2D eigenvalue weighted by Gasteiger charge is -2.04. The van der Waals surface area contributed by atoms with Gasteiger partial charge in [0.05, 0.1) is 46.8 Å². The number of hydrogen-bond donors (Lipinski definition) is 2. The number of non-ortho nitro benzene ring substituents is 2. The number of nitro groups is 2. The summed E-state index contributed by atoms with van der Waals surface area (Å²) in [6, 6.07) is 20.6. The van der Waals surface area contributed by atoms with E-state index in [9.17, 15) is 29.8 Å². The van der Waals surface area contributed by atoms with Crippen LogP contribution in [-0.4, -0.2) is 55.9 Å². The highest BCUT2D eigenvalue weighted by Crippen LogP contribution is 2.37. The van der Waals surface area contributed by atoms with E-state index in [4.69, 9.17) is 19.4 Å². The van der Waals surface area contributed by atoms with Crippen LogP contribution >= 0.6 is 0 Å². The maximum atomic E-state index is 12.4. The summed E-state index contributed by atoms with van der Waals surface area (Å²) < 4.78 is 10.00. The number of aromatic nitrogens is 4. The van der Waals surface area contributed by atoms with Gasteiger partial charge in [-0.15, -0.1) is 0 Å². The van der Waals surface area contributed by atoms with Gasteiger partial charge in [-0.25, -0.2) is 9.97 Å². The quantitative estimate of drug-likeness (QED) is 0.0693. The number of fused-ring (bicyclic) bond motifs is 8. The molecule has 2 aliphatic rings. The molecule has 14 heteroatoms. The molecule has 7 rings (SSSR count). The zero-order valence-corrected chi connectivity index (χ0v) is 35.1. The molecule has 5 heterocycles. The number of nitrogens with zero attached hydrogens (tertiary/aromatic N) is 4. The third-order valence-corrected chi connectivity index (χ3v) is 11.3. The van der Waals surface area contributed by atoms with E-state index in [1.54, 1.807) is 24.3 Å². The van der Waals surface area contributed by atoms with Crippen molar-refractivity contribution >= 4 is 85.9 Å². The fraction of sp³-hybridized carbons (Fsp3) is 0.208. The number of rotatable bonds is 12. The number of nitrogens with one attached hydrogen (secondary N) is 2. The second kappa shape index (κ2) is 17.9. The minimum Gasteiger partial charge on any atom is -0.469 e. The molecule has 2 aliphatic heterocycles. The van der Waals surface area contributed by atoms with Crippen LogP contribution in [0.25, 0.3) is 62.6 Å². The van der Waals surface area contributed by atoms with E-state index in [1.807, 2.05) is 76.3 Å². The molecule has 3 aromatic heterocycles. The van der Waals surface area contributed by atoms with Crippen molar-refractivity contribution in [3.63, 3.8) is 0 Å². The second-order valence-electron chi connectivity index (χ2n) is 15.0. The lowest BCUT2D eigenvalue weighted by atomic mass is 10.00. The van der Waals surface area contributed by atoms with Gasteiger partial charge in [-0.3, -0.25) is 29.8 Å². The van der Waals surface area contributed by atoms with Crippen LogP contribution in [0.1, 0.15) is 89.3 Å². The molecule has 8 bridgehead atoms. The fourth-order valence-corrected chi connectivity index (χ4v) is 7.64. The van der Waals surface area contributed by atoms with Gasteiger partial charge in [0.15, 0.2) is 0 Å². The van der Waals surface area contributed by atoms with Crippen LogP contribution in [0.4, 0.5) is 11.4 Å². The SMILES string of the molecule is COC(=O)CCC1=C(C)c2cc3[nH]c(cc4nc(cc5[nH]c(cc1n2)c(CCC(=O)OC)c5C)C(/C=C/c1ccc([N+](=O)[O-])cc1)=C4C)c(/C=C/c1ccc([N+](=O)[O-])cc1)c3C. The topological polar surface area (TPSA) is 196 Å². The zero-order chi connectivity index (χ0) is 44.2. The highest BCUT2D eigenvalue weighted by molar-refractivity contribution is 6.00. The first-order valence-corrected chi connectivity index (χ1v) is 19.9. The normalized spacial score (nSPS) is 12.7. The van der Waals surface area contributed by atoms with E-state index >= 15 is 0 Å². The summed E-state index contributed by atoms with van der Waals surface area (Å²) in [6.07, 6.45) is 8.80. The molecule has 0 atom stereocenters. The number of allylic oxidation sites excluding steroid dienone is 5. The van der Waals surface area contributed by atoms with E-state index in [0.717, 1.165) is 77.7 Å². The van der Waals surface area contributed by atoms with Gasteiger partial charge in [0, 0.05) is 70.3 Å². The summed E-state index contributed by atoms with van der Waals surface area (Å²) in [4.78, 5) is 64.2. The van der Waals surface area contributed by atoms with Gasteiger partial charge in [-0.1, -0.05) is 24.3 Å². The summed E-state index contributed by atoms with van der Waals surface area (Å²) in [5.74, 6) is -0.681. The number of aromatic amines is 2. The number of carbonyl (C=O) groups is 2. The van der Waals surface area contributed by atoms with Crippen molar-refractivity contribution in [2.75, 3.05) is 14.2 Å². The predicted molar refractivity (Wildman–Crippen MR) is 241 cm³/mol. The highest BCUT2D eigenvalue weighted by atomic mass is 16.6. The number of nitro benzene ring substituents is 2. The number of ether oxygens (including phenoxy) is 2. The Morgan fingerprint density at radius 2 is 1.08 bits per heavy atom. The first-order valence-electron chi connectivity index (χ1n) is 19.9. The largest absolute Gasteiger partial charge is 0.469 e. The number of aryl methyl sites for hydroxylation is 3. The van der Waals surface area contributed by atoms with Crippen LogP contribution in [-0.2, 0) is 25.5 Å². The van der Waals surface area contributed by atoms with E-state index in [-0.39, 0.29) is 36.2 Å². The molecule has 2 N–H and O–H groups in total. The maximum Gasteiger partial charge on any atom is 0.305 e. The Morgan fingerprint density at radius 1 is 0.597 bits per heavy atom. The Kier molecular flexibility index (Phi) is 12.2. The van der Waals surface area contributed by atoms with E-state index in [2.05, 4.69) is 9.97 Å². The van der Waals surface area contributed by atoms with Crippen LogP contribution in [0.3, 0.4) is 0 Å². The van der Waals surface area contributed by atoms with Crippen molar-refractivity contribution in [2.24, 2.45) is 0 Å². The van der Waals surface area contributed by atoms with Crippen molar-refractivity contribution in [3.8, 4) is 0 Å². The first-order chi connectivity index (χ1) is 29.7. The third-order valence-electron chi connectivity index (χ3n) is 11.3. The summed E-state index contributed by atoms with van der Waals surface area (Å²) in [5, 5.41) is 22.6. The van der Waals surface area contributed by atoms with Gasteiger partial charge in [-0.2, -0.15) is 0 Å². The second-order valence-corrected chi connectivity index (χ2v) is 15.0. The molecule has 0 fully saturated rings. The Balaban J connectivity index is 1.51. The van der Waals surface area contributed by atoms with Crippen molar-refractivity contribution in [1.29, 1.82) is 0 Å². The minimum absolute atomic E-state index is 0.00173. The molecule has 14 nitrogen and oxygen atoms in total. The number of benzene rings is 2. The molecule has 5 aromatic rings. The number of methoxy groups -OCH3 is 2. The molecule has 0 radical (unpaired) electrons. The number of H-pyrrole nitrogens is 2. The van der Waals surface area contributed by atoms with Crippen LogP contribution in [0.5, 0.6) is 0 Å². The number of hydrogen-bond acceptors (Lipinski definition) is 10.